The van der Waals surface area contributed by atoms with Gasteiger partial charge in [-0.1, -0.05) is 73.8 Å². The van der Waals surface area contributed by atoms with Crippen LogP contribution >= 0.6 is 0 Å². The molecule has 0 spiro atoms. The van der Waals surface area contributed by atoms with Gasteiger partial charge in [0.25, 0.3) is 8.32 Å². The Balaban J connectivity index is 1.84. The van der Waals surface area contributed by atoms with Crippen molar-refractivity contribution < 1.29 is 4.43 Å². The lowest BCUT2D eigenvalue weighted by Gasteiger charge is -2.27. The van der Waals surface area contributed by atoms with Gasteiger partial charge >= 0.3 is 0 Å². The molecular formula is C20H26OSi2. The molecule has 1 unspecified atom stereocenters. The van der Waals surface area contributed by atoms with Gasteiger partial charge in [-0.2, -0.15) is 0 Å². The van der Waals surface area contributed by atoms with E-state index in [-0.39, 0.29) is 0 Å². The molecule has 0 aliphatic carbocycles. The fourth-order valence-corrected chi connectivity index (χ4v) is 8.63. The second kappa shape index (κ2) is 6.13. The summed E-state index contributed by atoms with van der Waals surface area (Å²) in [5, 5.41) is 1.36. The fourth-order valence-electron chi connectivity index (χ4n) is 3.53. The van der Waals surface area contributed by atoms with E-state index in [9.17, 15) is 0 Å². The zero-order valence-corrected chi connectivity index (χ0v) is 16.5. The molecule has 2 aromatic carbocycles. The van der Waals surface area contributed by atoms with Crippen molar-refractivity contribution in [1.29, 1.82) is 0 Å². The van der Waals surface area contributed by atoms with Crippen molar-refractivity contribution in [2.24, 2.45) is 0 Å². The first kappa shape index (κ1) is 16.3. The molecule has 1 aliphatic heterocycles. The zero-order valence-electron chi connectivity index (χ0n) is 14.5. The van der Waals surface area contributed by atoms with Gasteiger partial charge in [0.2, 0.25) is 0 Å². The second-order valence-corrected chi connectivity index (χ2v) is 16.4. The number of allylic oxidation sites excluding steroid dienone is 2. The minimum Gasteiger partial charge on any atom is -0.543 e. The predicted octanol–water partition coefficient (Wildman–Crippen LogP) is 5.04. The van der Waals surface area contributed by atoms with Crippen LogP contribution in [0.2, 0.25) is 32.2 Å². The molecule has 23 heavy (non-hydrogen) atoms. The molecule has 1 atom stereocenters. The lowest BCUT2D eigenvalue weighted by Crippen LogP contribution is -2.44. The van der Waals surface area contributed by atoms with Crippen LogP contribution in [0.4, 0.5) is 0 Å². The molecule has 3 rings (SSSR count). The second-order valence-electron chi connectivity index (χ2n) is 7.67. The first-order chi connectivity index (χ1) is 10.9. The van der Waals surface area contributed by atoms with Gasteiger partial charge in [0, 0.05) is 5.54 Å². The Labute approximate surface area is 142 Å². The van der Waals surface area contributed by atoms with Crippen LogP contribution in [-0.4, -0.2) is 16.4 Å². The highest BCUT2D eigenvalue weighted by Gasteiger charge is 2.40. The van der Waals surface area contributed by atoms with E-state index >= 15 is 0 Å². The molecule has 1 aliphatic rings. The maximum atomic E-state index is 6.61. The molecule has 2 aromatic rings. The Kier molecular flexibility index (Phi) is 4.34. The van der Waals surface area contributed by atoms with Crippen LogP contribution in [0.25, 0.3) is 0 Å². The van der Waals surface area contributed by atoms with Crippen LogP contribution in [0.3, 0.4) is 0 Å². The largest absolute Gasteiger partial charge is 0.543 e. The van der Waals surface area contributed by atoms with Gasteiger partial charge in [-0.05, 0) is 36.0 Å². The molecule has 0 fully saturated rings. The van der Waals surface area contributed by atoms with Gasteiger partial charge in [-0.3, -0.25) is 0 Å². The van der Waals surface area contributed by atoms with Gasteiger partial charge in [0.05, 0.1) is 13.8 Å². The highest BCUT2D eigenvalue weighted by molar-refractivity contribution is 6.85. The van der Waals surface area contributed by atoms with E-state index in [1.165, 1.54) is 16.5 Å². The van der Waals surface area contributed by atoms with Gasteiger partial charge in [0.15, 0.2) is 0 Å². The van der Waals surface area contributed by atoms with E-state index in [0.717, 1.165) is 6.04 Å². The van der Waals surface area contributed by atoms with Crippen LogP contribution in [0, 0.1) is 0 Å². The van der Waals surface area contributed by atoms with Crippen molar-refractivity contribution in [1.82, 2.24) is 0 Å². The topological polar surface area (TPSA) is 9.23 Å². The van der Waals surface area contributed by atoms with Crippen LogP contribution in [-0.2, 0) is 4.43 Å². The molecule has 3 heteroatoms. The van der Waals surface area contributed by atoms with Crippen LogP contribution < -0.4 is 5.19 Å². The maximum Gasteiger partial charge on any atom is 0.276 e. The molecule has 0 saturated heterocycles. The van der Waals surface area contributed by atoms with Crippen molar-refractivity contribution in [3.05, 3.63) is 78.1 Å². The Bertz CT molecular complexity index is 690. The standard InChI is InChI=1S/C20H26OSi2/c1-22(2)16-18(15-20(22)17-11-7-5-8-12-17)21-23(3,4)19-13-9-6-10-14-19/h5-15,20H,16H2,1-4H3. The molecule has 0 N–H and O–H groups in total. The molecule has 0 aromatic heterocycles. The number of hydrogen-bond donors (Lipinski definition) is 0. The summed E-state index contributed by atoms with van der Waals surface area (Å²) in [7, 11) is -3.25. The van der Waals surface area contributed by atoms with E-state index in [2.05, 4.69) is 92.9 Å². The summed E-state index contributed by atoms with van der Waals surface area (Å²) < 4.78 is 6.61. The summed E-state index contributed by atoms with van der Waals surface area (Å²) in [5.41, 5.74) is 2.02. The Morgan fingerprint density at radius 3 is 2.09 bits per heavy atom. The van der Waals surface area contributed by atoms with Crippen molar-refractivity contribution in [3.8, 4) is 0 Å². The van der Waals surface area contributed by atoms with E-state index in [4.69, 9.17) is 4.43 Å². The minimum absolute atomic E-state index is 0.569. The highest BCUT2D eigenvalue weighted by Crippen LogP contribution is 2.41. The smallest absolute Gasteiger partial charge is 0.276 e. The van der Waals surface area contributed by atoms with Crippen molar-refractivity contribution >= 4 is 21.6 Å². The minimum atomic E-state index is -1.88. The Morgan fingerprint density at radius 2 is 1.48 bits per heavy atom. The molecule has 1 heterocycles. The quantitative estimate of drug-likeness (QED) is 0.709. The highest BCUT2D eigenvalue weighted by atomic mass is 28.4. The molecule has 120 valence electrons. The van der Waals surface area contributed by atoms with Gasteiger partial charge < -0.3 is 4.43 Å². The van der Waals surface area contributed by atoms with Gasteiger partial charge in [0.1, 0.15) is 0 Å². The summed E-state index contributed by atoms with van der Waals surface area (Å²) in [6, 6.07) is 22.8. The van der Waals surface area contributed by atoms with Crippen LogP contribution in [0.1, 0.15) is 11.1 Å². The van der Waals surface area contributed by atoms with Gasteiger partial charge in [-0.25, -0.2) is 0 Å². The van der Waals surface area contributed by atoms with E-state index in [1.54, 1.807) is 0 Å². The summed E-state index contributed by atoms with van der Waals surface area (Å²) >= 11 is 0. The van der Waals surface area contributed by atoms with Crippen LogP contribution in [0.5, 0.6) is 0 Å². The van der Waals surface area contributed by atoms with E-state index in [0.29, 0.717) is 5.54 Å². The summed E-state index contributed by atoms with van der Waals surface area (Å²) in [6.45, 7) is 9.56. The lowest BCUT2D eigenvalue weighted by atomic mass is 10.1. The van der Waals surface area contributed by atoms with Crippen molar-refractivity contribution in [2.75, 3.05) is 0 Å². The van der Waals surface area contributed by atoms with E-state index in [1.807, 2.05) is 0 Å². The summed E-state index contributed by atoms with van der Waals surface area (Å²) in [5.74, 6) is 1.23. The third-order valence-corrected chi connectivity index (χ3v) is 10.8. The SMILES string of the molecule is C[Si](C)(OC1=CC(c2ccccc2)[Si](C)(C)C1)c1ccccc1. The number of rotatable bonds is 4. The third kappa shape index (κ3) is 3.51. The Morgan fingerprint density at radius 1 is 0.913 bits per heavy atom. The predicted molar refractivity (Wildman–Crippen MR) is 104 cm³/mol. The molecule has 0 radical (unpaired) electrons. The first-order valence-electron chi connectivity index (χ1n) is 8.39. The third-order valence-electron chi connectivity index (χ3n) is 4.84. The molecule has 0 amide bonds. The number of benzene rings is 2. The first-order valence-corrected chi connectivity index (χ1v) is 14.6. The normalized spacial score (nSPS) is 20.2. The van der Waals surface area contributed by atoms with Crippen molar-refractivity contribution in [2.45, 2.75) is 37.8 Å². The molecule has 0 saturated carbocycles. The maximum absolute atomic E-state index is 6.61. The molecule has 0 bridgehead atoms. The fraction of sp³-hybridized carbons (Fsp3) is 0.300. The lowest BCUT2D eigenvalue weighted by molar-refractivity contribution is 0.430. The monoisotopic (exact) mass is 338 g/mol. The van der Waals surface area contributed by atoms with Gasteiger partial charge in [-0.15, -0.1) is 0 Å². The van der Waals surface area contributed by atoms with E-state index < -0.39 is 16.4 Å². The summed E-state index contributed by atoms with van der Waals surface area (Å²) in [4.78, 5) is 0. The van der Waals surface area contributed by atoms with Crippen molar-refractivity contribution in [3.63, 3.8) is 0 Å². The average Bonchev–Trinajstić information content (AvgIpc) is 2.82. The molecular weight excluding hydrogens is 312 g/mol. The summed E-state index contributed by atoms with van der Waals surface area (Å²) in [6.07, 6.45) is 2.42. The average molecular weight is 339 g/mol. The Hall–Kier alpha value is -1.59. The molecule has 1 nitrogen and oxygen atoms in total. The van der Waals surface area contributed by atoms with Crippen LogP contribution in [0.15, 0.2) is 72.5 Å². The zero-order chi connectivity index (χ0) is 16.5. The number of hydrogen-bond acceptors (Lipinski definition) is 1.